The smallest absolute Gasteiger partial charge is 0.271 e. The topological polar surface area (TPSA) is 100 Å². The van der Waals surface area contributed by atoms with Crippen LogP contribution in [0, 0.1) is 6.92 Å². The predicted octanol–water partition coefficient (Wildman–Crippen LogP) is 4.38. The average molecular weight is 438 g/mol. The van der Waals surface area contributed by atoms with Crippen LogP contribution in [0.15, 0.2) is 65.8 Å². The minimum absolute atomic E-state index is 0.101. The van der Waals surface area contributed by atoms with Gasteiger partial charge in [0.1, 0.15) is 0 Å². The van der Waals surface area contributed by atoms with Gasteiger partial charge in [-0.3, -0.25) is 9.59 Å². The Bertz CT molecular complexity index is 1140. The first-order valence-corrected chi connectivity index (χ1v) is 9.63. The fourth-order valence-electron chi connectivity index (χ4n) is 2.70. The Balaban J connectivity index is 1.66. The van der Waals surface area contributed by atoms with Crippen LogP contribution in [-0.2, 0) is 0 Å². The maximum atomic E-state index is 12.4. The number of aromatic hydroxyl groups is 1. The van der Waals surface area contributed by atoms with Gasteiger partial charge in [0.2, 0.25) is 0 Å². The standard InChI is InChI=1S/C23H20ClN3O4/c1-14-6-8-16(9-7-14)22(29)26-18-5-3-4-17(12-18)23(30)27-25-13-15-10-19(24)21(28)20(11-15)31-2/h3-13,28H,1-2H3,(H,26,29)(H,27,30)/b25-13-. The monoisotopic (exact) mass is 437 g/mol. The first-order valence-electron chi connectivity index (χ1n) is 9.25. The summed E-state index contributed by atoms with van der Waals surface area (Å²) < 4.78 is 5.03. The summed E-state index contributed by atoms with van der Waals surface area (Å²) in [5.41, 5.74) is 5.32. The fourth-order valence-corrected chi connectivity index (χ4v) is 2.92. The number of hydrogen-bond acceptors (Lipinski definition) is 5. The zero-order chi connectivity index (χ0) is 22.4. The lowest BCUT2D eigenvalue weighted by Gasteiger charge is -2.08. The van der Waals surface area contributed by atoms with Crippen molar-refractivity contribution < 1.29 is 19.4 Å². The van der Waals surface area contributed by atoms with Crippen LogP contribution in [-0.4, -0.2) is 30.2 Å². The highest BCUT2D eigenvalue weighted by Gasteiger charge is 2.10. The summed E-state index contributed by atoms with van der Waals surface area (Å²) in [4.78, 5) is 24.8. The zero-order valence-electron chi connectivity index (χ0n) is 16.8. The normalized spacial score (nSPS) is 10.7. The number of carbonyl (C=O) groups excluding carboxylic acids is 2. The summed E-state index contributed by atoms with van der Waals surface area (Å²) in [7, 11) is 1.40. The molecule has 2 amide bonds. The van der Waals surface area contributed by atoms with E-state index in [2.05, 4.69) is 15.8 Å². The molecule has 3 aromatic carbocycles. The van der Waals surface area contributed by atoms with Crippen LogP contribution < -0.4 is 15.5 Å². The van der Waals surface area contributed by atoms with Crippen LogP contribution in [0.2, 0.25) is 5.02 Å². The Morgan fingerprint density at radius 3 is 2.48 bits per heavy atom. The number of hydrazone groups is 1. The Morgan fingerprint density at radius 1 is 1.03 bits per heavy atom. The largest absolute Gasteiger partial charge is 0.503 e. The molecule has 0 aliphatic heterocycles. The number of aryl methyl sites for hydroxylation is 1. The molecule has 0 spiro atoms. The first kappa shape index (κ1) is 21.9. The molecule has 0 radical (unpaired) electrons. The Hall–Kier alpha value is -3.84. The molecule has 3 rings (SSSR count). The van der Waals surface area contributed by atoms with Crippen molar-refractivity contribution in [2.24, 2.45) is 5.10 Å². The maximum absolute atomic E-state index is 12.4. The molecule has 0 bridgehead atoms. The van der Waals surface area contributed by atoms with E-state index in [-0.39, 0.29) is 22.4 Å². The molecule has 3 aromatic rings. The number of rotatable bonds is 6. The number of ether oxygens (including phenoxy) is 1. The van der Waals surface area contributed by atoms with Crippen LogP contribution in [0.1, 0.15) is 31.8 Å². The number of anilines is 1. The Morgan fingerprint density at radius 2 is 1.77 bits per heavy atom. The van der Waals surface area contributed by atoms with Gasteiger partial charge in [0, 0.05) is 16.8 Å². The lowest BCUT2D eigenvalue weighted by atomic mass is 10.1. The van der Waals surface area contributed by atoms with E-state index in [0.717, 1.165) is 5.56 Å². The van der Waals surface area contributed by atoms with Crippen molar-refractivity contribution in [2.75, 3.05) is 12.4 Å². The van der Waals surface area contributed by atoms with Gasteiger partial charge in [-0.1, -0.05) is 35.4 Å². The number of hydrogen-bond donors (Lipinski definition) is 3. The van der Waals surface area contributed by atoms with E-state index in [1.807, 2.05) is 19.1 Å². The second kappa shape index (κ2) is 9.77. The number of amides is 2. The van der Waals surface area contributed by atoms with E-state index < -0.39 is 5.91 Å². The lowest BCUT2D eigenvalue weighted by Crippen LogP contribution is -2.18. The van der Waals surface area contributed by atoms with E-state index in [9.17, 15) is 14.7 Å². The van der Waals surface area contributed by atoms with Crippen molar-refractivity contribution in [3.63, 3.8) is 0 Å². The van der Waals surface area contributed by atoms with E-state index in [0.29, 0.717) is 22.4 Å². The summed E-state index contributed by atoms with van der Waals surface area (Å²) in [6.07, 6.45) is 1.37. The Labute approximate surface area is 184 Å². The molecule has 0 unspecified atom stereocenters. The maximum Gasteiger partial charge on any atom is 0.271 e. The van der Waals surface area contributed by atoms with E-state index in [1.54, 1.807) is 36.4 Å². The van der Waals surface area contributed by atoms with Gasteiger partial charge in [0.15, 0.2) is 11.5 Å². The number of benzene rings is 3. The number of nitrogens with one attached hydrogen (secondary N) is 2. The van der Waals surface area contributed by atoms with Gasteiger partial charge in [-0.15, -0.1) is 0 Å². The van der Waals surface area contributed by atoms with Crippen LogP contribution in [0.5, 0.6) is 11.5 Å². The molecule has 0 aliphatic carbocycles. The zero-order valence-corrected chi connectivity index (χ0v) is 17.6. The molecule has 0 fully saturated rings. The van der Waals surface area contributed by atoms with Crippen molar-refractivity contribution in [3.8, 4) is 11.5 Å². The summed E-state index contributed by atoms with van der Waals surface area (Å²) in [6, 6.07) is 16.7. The summed E-state index contributed by atoms with van der Waals surface area (Å²) in [6.45, 7) is 1.94. The lowest BCUT2D eigenvalue weighted by molar-refractivity contribution is 0.0953. The third-order valence-corrected chi connectivity index (χ3v) is 4.63. The molecule has 0 saturated carbocycles. The van der Waals surface area contributed by atoms with Crippen LogP contribution in [0.25, 0.3) is 0 Å². The molecular formula is C23H20ClN3O4. The van der Waals surface area contributed by atoms with E-state index >= 15 is 0 Å². The molecule has 0 saturated heterocycles. The Kier molecular flexibility index (Phi) is 6.89. The van der Waals surface area contributed by atoms with Gasteiger partial charge in [0.25, 0.3) is 11.8 Å². The molecule has 0 heterocycles. The van der Waals surface area contributed by atoms with Crippen molar-refractivity contribution in [3.05, 3.63) is 87.9 Å². The quantitative estimate of drug-likeness (QED) is 0.393. The van der Waals surface area contributed by atoms with E-state index in [1.165, 1.54) is 25.5 Å². The van der Waals surface area contributed by atoms with Crippen molar-refractivity contribution >= 4 is 35.3 Å². The van der Waals surface area contributed by atoms with Crippen molar-refractivity contribution in [2.45, 2.75) is 6.92 Å². The molecule has 31 heavy (non-hydrogen) atoms. The summed E-state index contributed by atoms with van der Waals surface area (Å²) in [5.74, 6) is -0.708. The second-order valence-electron chi connectivity index (χ2n) is 6.65. The van der Waals surface area contributed by atoms with Gasteiger partial charge in [-0.05, 0) is 55.0 Å². The highest BCUT2D eigenvalue weighted by Crippen LogP contribution is 2.34. The molecular weight excluding hydrogens is 418 g/mol. The number of halogens is 1. The number of nitrogens with zero attached hydrogens (tertiary/aromatic N) is 1. The highest BCUT2D eigenvalue weighted by atomic mass is 35.5. The third-order valence-electron chi connectivity index (χ3n) is 4.35. The molecule has 8 heteroatoms. The predicted molar refractivity (Wildman–Crippen MR) is 120 cm³/mol. The molecule has 158 valence electrons. The number of phenolic OH excluding ortho intramolecular Hbond substituents is 1. The van der Waals surface area contributed by atoms with E-state index in [4.69, 9.17) is 16.3 Å². The van der Waals surface area contributed by atoms with Gasteiger partial charge >= 0.3 is 0 Å². The number of methoxy groups -OCH3 is 1. The van der Waals surface area contributed by atoms with Crippen LogP contribution >= 0.6 is 11.6 Å². The second-order valence-corrected chi connectivity index (χ2v) is 7.06. The molecule has 0 aromatic heterocycles. The minimum atomic E-state index is -0.459. The number of phenols is 1. The minimum Gasteiger partial charge on any atom is -0.503 e. The van der Waals surface area contributed by atoms with Crippen molar-refractivity contribution in [1.29, 1.82) is 0 Å². The highest BCUT2D eigenvalue weighted by molar-refractivity contribution is 6.32. The van der Waals surface area contributed by atoms with Gasteiger partial charge in [-0.2, -0.15) is 5.10 Å². The summed E-state index contributed by atoms with van der Waals surface area (Å²) >= 11 is 5.93. The van der Waals surface area contributed by atoms with Crippen LogP contribution in [0.3, 0.4) is 0 Å². The van der Waals surface area contributed by atoms with Gasteiger partial charge in [-0.25, -0.2) is 5.43 Å². The number of carbonyl (C=O) groups is 2. The summed E-state index contributed by atoms with van der Waals surface area (Å²) in [5, 5.41) is 16.5. The molecule has 3 N–H and O–H groups in total. The van der Waals surface area contributed by atoms with Gasteiger partial charge in [0.05, 0.1) is 18.3 Å². The SMILES string of the molecule is COc1cc(/C=N\NC(=O)c2cccc(NC(=O)c3ccc(C)cc3)c2)cc(Cl)c1O. The average Bonchev–Trinajstić information content (AvgIpc) is 2.76. The van der Waals surface area contributed by atoms with Gasteiger partial charge < -0.3 is 15.2 Å². The third kappa shape index (κ3) is 5.61. The fraction of sp³-hybridized carbons (Fsp3) is 0.0870. The molecule has 0 atom stereocenters. The van der Waals surface area contributed by atoms with Crippen LogP contribution in [0.4, 0.5) is 5.69 Å². The molecule has 7 nitrogen and oxygen atoms in total. The van der Waals surface area contributed by atoms with Crippen molar-refractivity contribution in [1.82, 2.24) is 5.43 Å². The molecule has 0 aliphatic rings. The first-order chi connectivity index (χ1) is 14.9.